The van der Waals surface area contributed by atoms with Gasteiger partial charge in [0.05, 0.1) is 24.0 Å². The molecule has 1 fully saturated rings. The van der Waals surface area contributed by atoms with Gasteiger partial charge < -0.3 is 19.8 Å². The molecule has 13 nitrogen and oxygen atoms in total. The Morgan fingerprint density at radius 1 is 1.06 bits per heavy atom. The molecule has 0 saturated heterocycles. The Morgan fingerprint density at radius 3 is 2.36 bits per heavy atom. The number of anilines is 1. The normalized spacial score (nSPS) is 18.1. The second kappa shape index (κ2) is 14.7. The van der Waals surface area contributed by atoms with E-state index in [1.807, 2.05) is 48.5 Å². The van der Waals surface area contributed by atoms with Gasteiger partial charge in [-0.2, -0.15) is 14.6 Å². The lowest BCUT2D eigenvalue weighted by molar-refractivity contribution is -0.0697. The molecule has 0 aliphatic heterocycles. The number of carbonyl (C=O) groups is 1. The van der Waals surface area contributed by atoms with Crippen molar-refractivity contribution in [1.82, 2.24) is 29.5 Å². The molecule has 5 rings (SSSR count). The fourth-order valence-electron chi connectivity index (χ4n) is 6.98. The van der Waals surface area contributed by atoms with Crippen LogP contribution in [-0.2, 0) is 13.8 Å². The fourth-order valence-corrected chi connectivity index (χ4v) is 8.26. The van der Waals surface area contributed by atoms with E-state index < -0.39 is 42.6 Å². The Labute approximate surface area is 293 Å². The molecule has 50 heavy (non-hydrogen) atoms. The van der Waals surface area contributed by atoms with Crippen LogP contribution < -0.4 is 5.32 Å². The molecule has 0 bridgehead atoms. The zero-order valence-electron chi connectivity index (χ0n) is 29.1. The van der Waals surface area contributed by atoms with Gasteiger partial charge in [-0.1, -0.05) is 41.5 Å². The highest BCUT2D eigenvalue weighted by molar-refractivity contribution is 7.46. The van der Waals surface area contributed by atoms with E-state index in [1.165, 1.54) is 10.9 Å². The van der Waals surface area contributed by atoms with Gasteiger partial charge in [0, 0.05) is 35.9 Å². The monoisotopic (exact) mass is 735 g/mol. The third kappa shape index (κ3) is 8.90. The number of phosphoric acid groups is 1. The van der Waals surface area contributed by atoms with Crippen molar-refractivity contribution >= 4 is 30.8 Å². The number of nitrogens with one attached hydrogen (secondary N) is 1. The van der Waals surface area contributed by atoms with Gasteiger partial charge in [0.1, 0.15) is 22.1 Å². The minimum Gasteiger partial charge on any atom is -0.379 e. The first-order chi connectivity index (χ1) is 23.3. The minimum absolute atomic E-state index is 0.0117. The minimum atomic E-state index is -4.92. The summed E-state index contributed by atoms with van der Waals surface area (Å²) in [5, 5.41) is 13.7. The summed E-state index contributed by atoms with van der Waals surface area (Å²) in [6.07, 6.45) is 6.85. The van der Waals surface area contributed by atoms with Crippen molar-refractivity contribution in [1.29, 1.82) is 0 Å². The van der Waals surface area contributed by atoms with E-state index in [0.717, 1.165) is 49.2 Å². The number of thiazole rings is 1. The van der Waals surface area contributed by atoms with Crippen molar-refractivity contribution in [2.45, 2.75) is 92.5 Å². The molecule has 0 radical (unpaired) electrons. The summed E-state index contributed by atoms with van der Waals surface area (Å²) in [7, 11) is -4.92. The maximum absolute atomic E-state index is 14.9. The van der Waals surface area contributed by atoms with Crippen LogP contribution in [-0.4, -0.2) is 57.9 Å². The average molecular weight is 736 g/mol. The first kappa shape index (κ1) is 37.8. The van der Waals surface area contributed by atoms with Crippen LogP contribution in [0, 0.1) is 28.5 Å². The molecule has 1 amide bonds. The third-order valence-corrected chi connectivity index (χ3v) is 10.1. The summed E-state index contributed by atoms with van der Waals surface area (Å²) in [5.74, 6) is -2.68. The summed E-state index contributed by atoms with van der Waals surface area (Å²) >= 11 is 1.16. The van der Waals surface area contributed by atoms with Crippen LogP contribution in [0.3, 0.4) is 0 Å². The Hall–Kier alpha value is -3.40. The molecule has 0 aromatic carbocycles. The van der Waals surface area contributed by atoms with Crippen molar-refractivity contribution < 1.29 is 37.2 Å². The summed E-state index contributed by atoms with van der Waals surface area (Å²) < 4.78 is 55.3. The smallest absolute Gasteiger partial charge is 0.379 e. The van der Waals surface area contributed by atoms with Crippen LogP contribution in [0.5, 0.6) is 0 Å². The number of aromatic nitrogens is 6. The second-order valence-electron chi connectivity index (χ2n) is 14.6. The first-order valence-corrected chi connectivity index (χ1v) is 18.8. The van der Waals surface area contributed by atoms with Crippen molar-refractivity contribution in [3.63, 3.8) is 0 Å². The number of amides is 1. The molecular weight excluding hydrogens is 691 g/mol. The lowest BCUT2D eigenvalue weighted by Gasteiger charge is -2.44. The van der Waals surface area contributed by atoms with E-state index >= 15 is 0 Å². The second-order valence-corrected chi connectivity index (χ2v) is 16.7. The number of halogens is 2. The number of nitrogens with zero attached hydrogens (tertiary/aromatic N) is 6. The highest BCUT2D eigenvalue weighted by Gasteiger charge is 2.45. The molecule has 17 heteroatoms. The highest BCUT2D eigenvalue weighted by atomic mass is 32.1. The number of phosphoric ester groups is 1. The standard InChI is InChI=1S/C33H44F2N7O6PS/c1-8-47-21-11-9-20(10-12-21)41-17-23(27(40-41)26-22(34)13-14-25(35)39-26)37-29(43)24-18-50-30(38-24)19-15-36-42(16-19)31(48-49(44,45)46)28(32(2,3)4)33(5,6)7/h13-18,20-21,28,31H,8-12H2,1-7H3,(H,37,43)(H2,44,45,46)/t20-,21-,31?. The van der Waals surface area contributed by atoms with E-state index in [1.54, 1.807) is 22.5 Å². The van der Waals surface area contributed by atoms with Crippen LogP contribution >= 0.6 is 19.2 Å². The van der Waals surface area contributed by atoms with Crippen LogP contribution in [0.15, 0.2) is 36.1 Å². The summed E-state index contributed by atoms with van der Waals surface area (Å²) in [5.41, 5.74) is -0.517. The molecule has 1 unspecified atom stereocenters. The van der Waals surface area contributed by atoms with Gasteiger partial charge in [-0.3, -0.25) is 14.0 Å². The predicted molar refractivity (Wildman–Crippen MR) is 184 cm³/mol. The van der Waals surface area contributed by atoms with Crippen molar-refractivity contribution in [2.75, 3.05) is 11.9 Å². The molecule has 1 atom stereocenters. The summed E-state index contributed by atoms with van der Waals surface area (Å²) in [6, 6.07) is 1.84. The molecule has 0 spiro atoms. The van der Waals surface area contributed by atoms with Crippen molar-refractivity contribution in [3.05, 3.63) is 53.6 Å². The first-order valence-electron chi connectivity index (χ1n) is 16.4. The number of hydrogen-bond acceptors (Lipinski definition) is 9. The maximum atomic E-state index is 14.9. The van der Waals surface area contributed by atoms with Gasteiger partial charge in [0.15, 0.2) is 12.0 Å². The molecule has 272 valence electrons. The largest absolute Gasteiger partial charge is 0.471 e. The number of rotatable bonds is 11. The number of carbonyl (C=O) groups excluding carboxylic acids is 1. The summed E-state index contributed by atoms with van der Waals surface area (Å²) in [4.78, 5) is 41.4. The molecule has 4 aromatic heterocycles. The van der Waals surface area contributed by atoms with E-state index in [4.69, 9.17) is 9.26 Å². The van der Waals surface area contributed by atoms with E-state index in [2.05, 4.69) is 25.5 Å². The lowest BCUT2D eigenvalue weighted by atomic mass is 9.65. The van der Waals surface area contributed by atoms with Crippen molar-refractivity contribution in [2.24, 2.45) is 16.7 Å². The van der Waals surface area contributed by atoms with E-state index in [9.17, 15) is 27.9 Å². The maximum Gasteiger partial charge on any atom is 0.471 e. The van der Waals surface area contributed by atoms with E-state index in [-0.39, 0.29) is 40.8 Å². The third-order valence-electron chi connectivity index (χ3n) is 8.68. The zero-order chi connectivity index (χ0) is 36.6. The molecular formula is C33H44F2N7O6PS. The lowest BCUT2D eigenvalue weighted by Crippen LogP contribution is -2.40. The topological polar surface area (TPSA) is 167 Å². The van der Waals surface area contributed by atoms with Crippen molar-refractivity contribution in [3.8, 4) is 22.0 Å². The Bertz CT molecular complexity index is 1840. The Balaban J connectivity index is 1.42. The molecule has 4 heterocycles. The average Bonchev–Trinajstić information content (AvgIpc) is 3.77. The molecule has 4 aromatic rings. The number of pyridine rings is 1. The Morgan fingerprint density at radius 2 is 1.74 bits per heavy atom. The van der Waals surface area contributed by atoms with Gasteiger partial charge in [0.2, 0.25) is 5.95 Å². The molecule has 1 saturated carbocycles. The zero-order valence-corrected chi connectivity index (χ0v) is 30.8. The van der Waals surface area contributed by atoms with Gasteiger partial charge in [-0.25, -0.2) is 23.6 Å². The highest BCUT2D eigenvalue weighted by Crippen LogP contribution is 2.52. The number of ether oxygens (including phenoxy) is 1. The van der Waals surface area contributed by atoms with Gasteiger partial charge in [-0.05, 0) is 55.6 Å². The quantitative estimate of drug-likeness (QED) is 0.103. The molecule has 3 N–H and O–H groups in total. The summed E-state index contributed by atoms with van der Waals surface area (Å²) in [6.45, 7) is 14.4. The SMILES string of the molecule is CCO[C@H]1CC[C@H](n2cc(NC(=O)c3csc(-c4cnn(C(OP(=O)(O)O)C(C(C)(C)C)C(C)(C)C)c4)n3)c(-c3nc(F)ccc3F)n2)CC1. The van der Waals surface area contributed by atoms with Crippen LogP contribution in [0.2, 0.25) is 0 Å². The predicted octanol–water partition coefficient (Wildman–Crippen LogP) is 7.63. The van der Waals surface area contributed by atoms with Gasteiger partial charge in [-0.15, -0.1) is 11.3 Å². The van der Waals surface area contributed by atoms with Gasteiger partial charge in [0.25, 0.3) is 5.91 Å². The molecule has 1 aliphatic rings. The van der Waals surface area contributed by atoms with Crippen LogP contribution in [0.1, 0.15) is 96.9 Å². The Kier molecular flexibility index (Phi) is 11.1. The van der Waals surface area contributed by atoms with E-state index in [0.29, 0.717) is 17.2 Å². The van der Waals surface area contributed by atoms with Gasteiger partial charge >= 0.3 is 7.82 Å². The number of hydrogen-bond donors (Lipinski definition) is 3. The van der Waals surface area contributed by atoms with Crippen LogP contribution in [0.25, 0.3) is 22.0 Å². The fraction of sp³-hybridized carbons (Fsp3) is 0.545. The van der Waals surface area contributed by atoms with Crippen LogP contribution in [0.4, 0.5) is 14.5 Å². The molecule has 1 aliphatic carbocycles.